The molecule has 0 aliphatic rings. The monoisotopic (exact) mass is 351 g/mol. The highest BCUT2D eigenvalue weighted by molar-refractivity contribution is 6.30. The van der Waals surface area contributed by atoms with E-state index in [4.69, 9.17) is 21.1 Å². The van der Waals surface area contributed by atoms with E-state index >= 15 is 0 Å². The average molecular weight is 352 g/mol. The summed E-state index contributed by atoms with van der Waals surface area (Å²) in [5.41, 5.74) is 0.499. The van der Waals surface area contributed by atoms with E-state index in [-0.39, 0.29) is 0 Å². The Morgan fingerprint density at radius 3 is 2.58 bits per heavy atom. The molecule has 2 aromatic rings. The topological polar surface area (TPSA) is 64.6 Å². The molecule has 0 unspecified atom stereocenters. The van der Waals surface area contributed by atoms with Crippen LogP contribution >= 0.6 is 11.6 Å². The lowest BCUT2D eigenvalue weighted by Gasteiger charge is -2.14. The van der Waals surface area contributed by atoms with Crippen molar-refractivity contribution in [2.75, 3.05) is 11.9 Å². The van der Waals surface area contributed by atoms with Crippen molar-refractivity contribution in [3.8, 4) is 5.75 Å². The number of esters is 1. The zero-order valence-corrected chi connectivity index (χ0v) is 13.5. The van der Waals surface area contributed by atoms with Crippen LogP contribution in [0.4, 0.5) is 10.1 Å². The Bertz CT molecular complexity index is 721. The summed E-state index contributed by atoms with van der Waals surface area (Å²) in [7, 11) is 0. The molecule has 0 aliphatic heterocycles. The number of rotatable bonds is 6. The first kappa shape index (κ1) is 17.7. The number of carbonyl (C=O) groups excluding carboxylic acids is 2. The number of benzene rings is 2. The molecule has 2 rings (SSSR count). The molecule has 0 saturated carbocycles. The van der Waals surface area contributed by atoms with Crippen molar-refractivity contribution >= 4 is 29.2 Å². The number of anilines is 1. The van der Waals surface area contributed by atoms with Gasteiger partial charge >= 0.3 is 5.97 Å². The number of nitrogens with one attached hydrogen (secondary N) is 1. The molecule has 7 heteroatoms. The van der Waals surface area contributed by atoms with Gasteiger partial charge in [-0.15, -0.1) is 0 Å². The molecule has 1 N–H and O–H groups in total. The maximum absolute atomic E-state index is 12.8. The van der Waals surface area contributed by atoms with Crippen molar-refractivity contribution in [1.82, 2.24) is 0 Å². The number of hydrogen-bond donors (Lipinski definition) is 1. The minimum Gasteiger partial charge on any atom is -0.479 e. The van der Waals surface area contributed by atoms with E-state index in [1.54, 1.807) is 24.3 Å². The molecule has 126 valence electrons. The smallest absolute Gasteiger partial charge is 0.347 e. The lowest BCUT2D eigenvalue weighted by Crippen LogP contribution is -2.29. The zero-order chi connectivity index (χ0) is 17.5. The van der Waals surface area contributed by atoms with E-state index in [2.05, 4.69) is 5.32 Å². The van der Waals surface area contributed by atoms with Gasteiger partial charge in [0.2, 0.25) is 0 Å². The quantitative estimate of drug-likeness (QED) is 0.810. The first-order valence-electron chi connectivity index (χ1n) is 7.08. The van der Waals surface area contributed by atoms with Crippen LogP contribution in [-0.4, -0.2) is 24.6 Å². The van der Waals surface area contributed by atoms with Crippen LogP contribution in [0.1, 0.15) is 6.92 Å². The van der Waals surface area contributed by atoms with Gasteiger partial charge in [0.05, 0.1) is 0 Å². The summed E-state index contributed by atoms with van der Waals surface area (Å²) >= 11 is 5.81. The van der Waals surface area contributed by atoms with Crippen LogP contribution in [0.5, 0.6) is 5.75 Å². The van der Waals surface area contributed by atoms with Gasteiger partial charge in [-0.25, -0.2) is 9.18 Å². The summed E-state index contributed by atoms with van der Waals surface area (Å²) in [4.78, 5) is 23.5. The third kappa shape index (κ3) is 5.55. The van der Waals surface area contributed by atoms with E-state index in [1.807, 2.05) is 0 Å². The molecule has 0 bridgehead atoms. The largest absolute Gasteiger partial charge is 0.479 e. The number of amides is 1. The minimum atomic E-state index is -0.936. The standard InChI is InChI=1S/C17H15ClFNO4/c1-11(24-15-7-5-13(19)6-8-15)17(22)23-10-16(21)20-14-4-2-3-12(18)9-14/h2-9,11H,10H2,1H3,(H,20,21)/t11-/m0/s1. The maximum Gasteiger partial charge on any atom is 0.347 e. The predicted octanol–water partition coefficient (Wildman–Crippen LogP) is 3.43. The average Bonchev–Trinajstić information content (AvgIpc) is 2.54. The molecule has 2 aromatic carbocycles. The lowest BCUT2D eigenvalue weighted by molar-refractivity contribution is -0.153. The third-order valence-corrected chi connectivity index (χ3v) is 3.15. The summed E-state index contributed by atoms with van der Waals surface area (Å²) < 4.78 is 23.0. The fourth-order valence-corrected chi connectivity index (χ4v) is 1.97. The van der Waals surface area contributed by atoms with Gasteiger partial charge in [0.1, 0.15) is 11.6 Å². The second kappa shape index (κ2) is 8.31. The molecule has 1 atom stereocenters. The van der Waals surface area contributed by atoms with Crippen molar-refractivity contribution in [3.05, 3.63) is 59.4 Å². The molecular weight excluding hydrogens is 337 g/mol. The maximum atomic E-state index is 12.8. The Labute approximate surface area is 143 Å². The van der Waals surface area contributed by atoms with Crippen molar-refractivity contribution < 1.29 is 23.5 Å². The number of hydrogen-bond acceptors (Lipinski definition) is 4. The first-order valence-corrected chi connectivity index (χ1v) is 7.46. The van der Waals surface area contributed by atoms with Crippen LogP contribution in [0.3, 0.4) is 0 Å². The van der Waals surface area contributed by atoms with Crippen LogP contribution in [0.2, 0.25) is 5.02 Å². The molecule has 0 saturated heterocycles. The van der Waals surface area contributed by atoms with E-state index in [0.717, 1.165) is 0 Å². The summed E-state index contributed by atoms with van der Waals surface area (Å²) in [6.07, 6.45) is -0.936. The van der Waals surface area contributed by atoms with Crippen LogP contribution < -0.4 is 10.1 Å². The summed E-state index contributed by atoms with van der Waals surface area (Å²) in [5, 5.41) is 3.03. The van der Waals surface area contributed by atoms with Crippen LogP contribution in [0.25, 0.3) is 0 Å². The molecule has 1 amide bonds. The Morgan fingerprint density at radius 1 is 1.21 bits per heavy atom. The second-order valence-corrected chi connectivity index (χ2v) is 5.32. The fourth-order valence-electron chi connectivity index (χ4n) is 1.78. The molecular formula is C17H15ClFNO4. The van der Waals surface area contributed by atoms with Gasteiger partial charge in [0.15, 0.2) is 12.7 Å². The molecule has 0 heterocycles. The van der Waals surface area contributed by atoms with Crippen molar-refractivity contribution in [1.29, 1.82) is 0 Å². The van der Waals surface area contributed by atoms with E-state index in [1.165, 1.54) is 31.2 Å². The molecule has 0 aromatic heterocycles. The van der Waals surface area contributed by atoms with Gasteiger partial charge in [0, 0.05) is 10.7 Å². The van der Waals surface area contributed by atoms with Gasteiger partial charge in [-0.1, -0.05) is 17.7 Å². The molecule has 24 heavy (non-hydrogen) atoms. The molecule has 0 radical (unpaired) electrons. The lowest BCUT2D eigenvalue weighted by atomic mass is 10.3. The highest BCUT2D eigenvalue weighted by Gasteiger charge is 2.18. The number of carbonyl (C=O) groups is 2. The molecule has 5 nitrogen and oxygen atoms in total. The summed E-state index contributed by atoms with van der Waals surface area (Å²) in [6.45, 7) is 1.02. The van der Waals surface area contributed by atoms with Crippen molar-refractivity contribution in [2.45, 2.75) is 13.0 Å². The molecule has 0 aliphatic carbocycles. The van der Waals surface area contributed by atoms with Gasteiger partial charge < -0.3 is 14.8 Å². The number of ether oxygens (including phenoxy) is 2. The Hall–Kier alpha value is -2.60. The van der Waals surface area contributed by atoms with E-state index < -0.39 is 30.4 Å². The zero-order valence-electron chi connectivity index (χ0n) is 12.8. The third-order valence-electron chi connectivity index (χ3n) is 2.91. The molecule has 0 spiro atoms. The SMILES string of the molecule is C[C@H](Oc1ccc(F)cc1)C(=O)OCC(=O)Nc1cccc(Cl)c1. The predicted molar refractivity (Wildman–Crippen MR) is 87.5 cm³/mol. The minimum absolute atomic E-state index is 0.323. The van der Waals surface area contributed by atoms with Crippen LogP contribution in [0.15, 0.2) is 48.5 Å². The second-order valence-electron chi connectivity index (χ2n) is 4.88. The van der Waals surface area contributed by atoms with Gasteiger partial charge in [-0.2, -0.15) is 0 Å². The highest BCUT2D eigenvalue weighted by atomic mass is 35.5. The summed E-state index contributed by atoms with van der Waals surface area (Å²) in [6, 6.07) is 11.8. The summed E-state index contributed by atoms with van der Waals surface area (Å²) in [5.74, 6) is -1.29. The first-order chi connectivity index (χ1) is 11.4. The van der Waals surface area contributed by atoms with Crippen molar-refractivity contribution in [2.24, 2.45) is 0 Å². The van der Waals surface area contributed by atoms with Gasteiger partial charge in [0.25, 0.3) is 5.91 Å². The Morgan fingerprint density at radius 2 is 1.92 bits per heavy atom. The normalized spacial score (nSPS) is 11.5. The van der Waals surface area contributed by atoms with Crippen LogP contribution in [0, 0.1) is 5.82 Å². The van der Waals surface area contributed by atoms with E-state index in [9.17, 15) is 14.0 Å². The fraction of sp³-hybridized carbons (Fsp3) is 0.176. The van der Waals surface area contributed by atoms with Crippen molar-refractivity contribution in [3.63, 3.8) is 0 Å². The Kier molecular flexibility index (Phi) is 6.14. The van der Waals surface area contributed by atoms with Crippen LogP contribution in [-0.2, 0) is 14.3 Å². The van der Waals surface area contributed by atoms with Gasteiger partial charge in [-0.05, 0) is 49.4 Å². The molecule has 0 fully saturated rings. The Balaban J connectivity index is 1.79. The highest BCUT2D eigenvalue weighted by Crippen LogP contribution is 2.15. The van der Waals surface area contributed by atoms with E-state index in [0.29, 0.717) is 16.5 Å². The van der Waals surface area contributed by atoms with Gasteiger partial charge in [-0.3, -0.25) is 4.79 Å². The number of halogens is 2.